The summed E-state index contributed by atoms with van der Waals surface area (Å²) in [4.78, 5) is 0. The van der Waals surface area contributed by atoms with Gasteiger partial charge in [-0.15, -0.1) is 0 Å². The first-order valence-electron chi connectivity index (χ1n) is 8.61. The Morgan fingerprint density at radius 1 is 1.24 bits per heavy atom. The summed E-state index contributed by atoms with van der Waals surface area (Å²) in [5, 5.41) is 10.2. The largest absolute Gasteiger partial charge is 0.473 e. The molecule has 4 aliphatic rings. The van der Waals surface area contributed by atoms with Crippen LogP contribution in [0, 0.1) is 35.5 Å². The van der Waals surface area contributed by atoms with Gasteiger partial charge in [-0.3, -0.25) is 0 Å². The van der Waals surface area contributed by atoms with Crippen LogP contribution in [0.1, 0.15) is 46.5 Å². The van der Waals surface area contributed by atoms with Gasteiger partial charge in [0, 0.05) is 0 Å². The lowest BCUT2D eigenvalue weighted by atomic mass is 9.65. The van der Waals surface area contributed by atoms with Crippen molar-refractivity contribution >= 4 is 0 Å². The maximum atomic E-state index is 10.2. The third kappa shape index (κ3) is 1.93. The smallest absolute Gasteiger partial charge is 0.189 e. The van der Waals surface area contributed by atoms with Gasteiger partial charge in [0.15, 0.2) is 6.79 Å². The highest BCUT2D eigenvalue weighted by atomic mass is 16.7. The average Bonchev–Trinajstić information content (AvgIpc) is 3.15. The number of allylic oxidation sites excluding steroid dienone is 2. The maximum Gasteiger partial charge on any atom is 0.189 e. The molecule has 0 aromatic heterocycles. The van der Waals surface area contributed by atoms with E-state index in [2.05, 4.69) is 6.92 Å². The highest BCUT2D eigenvalue weighted by molar-refractivity contribution is 5.16. The Balaban J connectivity index is 1.45. The molecule has 0 aliphatic heterocycles. The van der Waals surface area contributed by atoms with Crippen LogP contribution in [0.25, 0.3) is 0 Å². The van der Waals surface area contributed by atoms with Crippen LogP contribution in [0.4, 0.5) is 0 Å². The Morgan fingerprint density at radius 2 is 2.05 bits per heavy atom. The minimum atomic E-state index is -0.0107. The molecular weight excluding hydrogens is 264 g/mol. The van der Waals surface area contributed by atoms with Crippen molar-refractivity contribution in [1.82, 2.24) is 0 Å². The number of aliphatic hydroxyl groups is 1. The number of ether oxygens (including phenoxy) is 2. The topological polar surface area (TPSA) is 38.7 Å². The first-order chi connectivity index (χ1) is 10.0. The fourth-order valence-corrected chi connectivity index (χ4v) is 6.37. The lowest BCUT2D eigenvalue weighted by Crippen LogP contribution is -2.46. The van der Waals surface area contributed by atoms with Crippen LogP contribution in [0.3, 0.4) is 0 Å². The predicted octanol–water partition coefficient (Wildman–Crippen LogP) is 3.33. The molecule has 0 spiro atoms. The van der Waals surface area contributed by atoms with Crippen molar-refractivity contribution in [2.75, 3.05) is 6.79 Å². The van der Waals surface area contributed by atoms with Crippen molar-refractivity contribution in [2.24, 2.45) is 35.5 Å². The van der Waals surface area contributed by atoms with Crippen molar-refractivity contribution in [3.63, 3.8) is 0 Å². The number of fused-ring (bicyclic) bond motifs is 9. The van der Waals surface area contributed by atoms with Crippen molar-refractivity contribution in [3.05, 3.63) is 11.8 Å². The second kappa shape index (κ2) is 4.73. The van der Waals surface area contributed by atoms with E-state index in [1.807, 2.05) is 19.9 Å². The molecule has 0 aromatic carbocycles. The standard InChI is InChI=1S/C18H28O3/c1-4-10(2)20-9-21-18(3)8-12-6-14(18)17-11-5-13(16(12)17)15(19)7-11/h4,11-17,19H,5-9H2,1-3H3/b10-4+. The third-order valence-electron chi connectivity index (χ3n) is 7.20. The first kappa shape index (κ1) is 14.1. The second-order valence-electron chi connectivity index (χ2n) is 8.04. The molecule has 4 fully saturated rings. The quantitative estimate of drug-likeness (QED) is 0.491. The first-order valence-corrected chi connectivity index (χ1v) is 8.61. The van der Waals surface area contributed by atoms with E-state index in [1.54, 1.807) is 0 Å². The van der Waals surface area contributed by atoms with Gasteiger partial charge in [0.1, 0.15) is 0 Å². The Kier molecular flexibility index (Phi) is 3.17. The highest BCUT2D eigenvalue weighted by Gasteiger charge is 2.67. The summed E-state index contributed by atoms with van der Waals surface area (Å²) < 4.78 is 11.8. The SMILES string of the molecule is C/C=C(\C)OCOC1(C)CC2CC1C1C3CC(O)C(C3)C21. The molecule has 21 heavy (non-hydrogen) atoms. The van der Waals surface area contributed by atoms with Gasteiger partial charge >= 0.3 is 0 Å². The molecule has 4 bridgehead atoms. The lowest BCUT2D eigenvalue weighted by molar-refractivity contribution is -0.163. The molecule has 4 aliphatic carbocycles. The van der Waals surface area contributed by atoms with Gasteiger partial charge in [0.25, 0.3) is 0 Å². The van der Waals surface area contributed by atoms with E-state index in [0.717, 1.165) is 42.3 Å². The van der Waals surface area contributed by atoms with Gasteiger partial charge < -0.3 is 14.6 Å². The number of hydrogen-bond acceptors (Lipinski definition) is 3. The van der Waals surface area contributed by atoms with Crippen LogP contribution < -0.4 is 0 Å². The molecule has 0 heterocycles. The number of aliphatic hydroxyl groups excluding tert-OH is 1. The van der Waals surface area contributed by atoms with Gasteiger partial charge in [0.2, 0.25) is 0 Å². The fraction of sp³-hybridized carbons (Fsp3) is 0.889. The van der Waals surface area contributed by atoms with Gasteiger partial charge in [-0.1, -0.05) is 0 Å². The van der Waals surface area contributed by atoms with E-state index in [-0.39, 0.29) is 11.7 Å². The van der Waals surface area contributed by atoms with E-state index >= 15 is 0 Å². The summed E-state index contributed by atoms with van der Waals surface area (Å²) in [7, 11) is 0. The van der Waals surface area contributed by atoms with Crippen LogP contribution in [-0.4, -0.2) is 23.6 Å². The van der Waals surface area contributed by atoms with E-state index in [0.29, 0.717) is 18.6 Å². The molecular formula is C18H28O3. The van der Waals surface area contributed by atoms with Crippen LogP contribution in [0.5, 0.6) is 0 Å². The van der Waals surface area contributed by atoms with Crippen LogP contribution in [0.2, 0.25) is 0 Å². The predicted molar refractivity (Wildman–Crippen MR) is 80.3 cm³/mol. The van der Waals surface area contributed by atoms with Crippen molar-refractivity contribution in [3.8, 4) is 0 Å². The molecule has 4 saturated carbocycles. The average molecular weight is 292 g/mol. The summed E-state index contributed by atoms with van der Waals surface area (Å²) in [6.45, 7) is 6.63. The van der Waals surface area contributed by atoms with E-state index in [1.165, 1.54) is 12.8 Å². The lowest BCUT2D eigenvalue weighted by Gasteiger charge is -2.45. The van der Waals surface area contributed by atoms with Crippen molar-refractivity contribution in [2.45, 2.75) is 58.2 Å². The monoisotopic (exact) mass is 292 g/mol. The maximum absolute atomic E-state index is 10.2. The summed E-state index contributed by atoms with van der Waals surface area (Å²) in [5.41, 5.74) is -0.00468. The molecule has 8 unspecified atom stereocenters. The molecule has 0 amide bonds. The Bertz CT molecular complexity index is 459. The highest BCUT2D eigenvalue weighted by Crippen LogP contribution is 2.70. The summed E-state index contributed by atoms with van der Waals surface area (Å²) >= 11 is 0. The third-order valence-corrected chi connectivity index (χ3v) is 7.20. The van der Waals surface area contributed by atoms with Crippen LogP contribution in [0.15, 0.2) is 11.8 Å². The molecule has 0 radical (unpaired) electrons. The minimum Gasteiger partial charge on any atom is -0.473 e. The fourth-order valence-electron chi connectivity index (χ4n) is 6.37. The zero-order chi connectivity index (χ0) is 14.8. The van der Waals surface area contributed by atoms with Gasteiger partial charge in [0.05, 0.1) is 17.5 Å². The number of hydrogen-bond donors (Lipinski definition) is 1. The van der Waals surface area contributed by atoms with E-state index in [4.69, 9.17) is 9.47 Å². The zero-order valence-electron chi connectivity index (χ0n) is 13.4. The molecule has 0 aromatic rings. The molecule has 1 N–H and O–H groups in total. The van der Waals surface area contributed by atoms with Gasteiger partial charge in [-0.2, -0.15) is 0 Å². The normalized spacial score (nSPS) is 54.3. The zero-order valence-corrected chi connectivity index (χ0v) is 13.4. The number of rotatable bonds is 4. The molecule has 4 rings (SSSR count). The second-order valence-corrected chi connectivity index (χ2v) is 8.04. The summed E-state index contributed by atoms with van der Waals surface area (Å²) in [5.74, 6) is 5.35. The van der Waals surface area contributed by atoms with E-state index in [9.17, 15) is 5.11 Å². The van der Waals surface area contributed by atoms with Crippen molar-refractivity contribution < 1.29 is 14.6 Å². The molecule has 118 valence electrons. The Labute approximate surface area is 127 Å². The molecule has 0 saturated heterocycles. The van der Waals surface area contributed by atoms with Crippen LogP contribution in [-0.2, 0) is 9.47 Å². The molecule has 8 atom stereocenters. The van der Waals surface area contributed by atoms with Crippen LogP contribution >= 0.6 is 0 Å². The van der Waals surface area contributed by atoms with Gasteiger partial charge in [-0.25, -0.2) is 0 Å². The Hall–Kier alpha value is -0.540. The van der Waals surface area contributed by atoms with E-state index < -0.39 is 0 Å². The summed E-state index contributed by atoms with van der Waals surface area (Å²) in [6, 6.07) is 0. The van der Waals surface area contributed by atoms with Gasteiger partial charge in [-0.05, 0) is 88.0 Å². The molecule has 3 nitrogen and oxygen atoms in total. The minimum absolute atomic E-state index is 0.00468. The molecule has 3 heteroatoms. The summed E-state index contributed by atoms with van der Waals surface area (Å²) in [6.07, 6.45) is 6.75. The van der Waals surface area contributed by atoms with Crippen molar-refractivity contribution in [1.29, 1.82) is 0 Å². The Morgan fingerprint density at radius 3 is 2.81 bits per heavy atom.